The number of carbonyl (C=O) groups is 1. The fourth-order valence-corrected chi connectivity index (χ4v) is 3.30. The van der Waals surface area contributed by atoms with Crippen molar-refractivity contribution < 1.29 is 4.79 Å². The largest absolute Gasteiger partial charge is 0.350 e. The SMILES string of the molecule is CCCC[C@@](CC)(CC=O)c1cn(C)c2ccccc12. The van der Waals surface area contributed by atoms with Crippen LogP contribution in [0.5, 0.6) is 0 Å². The van der Waals surface area contributed by atoms with Crippen molar-refractivity contribution in [2.24, 2.45) is 7.05 Å². The van der Waals surface area contributed by atoms with E-state index in [2.05, 4.69) is 55.9 Å². The van der Waals surface area contributed by atoms with E-state index in [-0.39, 0.29) is 5.41 Å². The summed E-state index contributed by atoms with van der Waals surface area (Å²) in [5, 5.41) is 1.30. The van der Waals surface area contributed by atoms with Gasteiger partial charge in [0.15, 0.2) is 0 Å². The first kappa shape index (κ1) is 14.8. The van der Waals surface area contributed by atoms with Crippen LogP contribution in [0.4, 0.5) is 0 Å². The van der Waals surface area contributed by atoms with Crippen molar-refractivity contribution >= 4 is 17.2 Å². The normalized spacial score (nSPS) is 14.3. The summed E-state index contributed by atoms with van der Waals surface area (Å²) in [6, 6.07) is 8.50. The molecule has 1 heterocycles. The van der Waals surface area contributed by atoms with Gasteiger partial charge in [0.1, 0.15) is 6.29 Å². The Morgan fingerprint density at radius 2 is 2.00 bits per heavy atom. The first-order valence-corrected chi connectivity index (χ1v) is 7.66. The van der Waals surface area contributed by atoms with Gasteiger partial charge in [0.25, 0.3) is 0 Å². The third-order valence-corrected chi connectivity index (χ3v) is 4.63. The molecule has 2 aromatic rings. The maximum absolute atomic E-state index is 11.3. The maximum atomic E-state index is 11.3. The molecule has 0 N–H and O–H groups in total. The van der Waals surface area contributed by atoms with Crippen molar-refractivity contribution in [1.29, 1.82) is 0 Å². The highest BCUT2D eigenvalue weighted by Crippen LogP contribution is 2.40. The van der Waals surface area contributed by atoms with Crippen LogP contribution in [0.15, 0.2) is 30.5 Å². The molecule has 1 atom stereocenters. The van der Waals surface area contributed by atoms with Gasteiger partial charge in [-0.25, -0.2) is 0 Å². The van der Waals surface area contributed by atoms with Crippen LogP contribution in [-0.4, -0.2) is 10.9 Å². The smallest absolute Gasteiger partial charge is 0.120 e. The number of unbranched alkanes of at least 4 members (excludes halogenated alkanes) is 1. The summed E-state index contributed by atoms with van der Waals surface area (Å²) in [6.45, 7) is 4.42. The van der Waals surface area contributed by atoms with E-state index in [9.17, 15) is 4.79 Å². The zero-order valence-corrected chi connectivity index (χ0v) is 12.9. The highest BCUT2D eigenvalue weighted by Gasteiger charge is 2.32. The Morgan fingerprint density at radius 1 is 1.25 bits per heavy atom. The third-order valence-electron chi connectivity index (χ3n) is 4.63. The molecule has 108 valence electrons. The van der Waals surface area contributed by atoms with E-state index >= 15 is 0 Å². The number of aromatic nitrogens is 1. The molecule has 0 aliphatic heterocycles. The van der Waals surface area contributed by atoms with E-state index in [1.54, 1.807) is 0 Å². The number of benzene rings is 1. The van der Waals surface area contributed by atoms with Crippen molar-refractivity contribution in [2.45, 2.75) is 51.4 Å². The monoisotopic (exact) mass is 271 g/mol. The molecule has 0 radical (unpaired) electrons. The lowest BCUT2D eigenvalue weighted by molar-refractivity contribution is -0.109. The standard InChI is InChI=1S/C18H25NO/c1-4-6-11-18(5-2,12-13-20)16-14-19(3)17-10-8-7-9-15(16)17/h7-10,13-14H,4-6,11-12H2,1-3H3/t18-/m0/s1. The fraction of sp³-hybridized carbons (Fsp3) is 0.500. The van der Waals surface area contributed by atoms with Crippen LogP contribution in [-0.2, 0) is 17.3 Å². The van der Waals surface area contributed by atoms with Gasteiger partial charge in [0, 0.05) is 36.0 Å². The fourth-order valence-electron chi connectivity index (χ4n) is 3.30. The number of rotatable bonds is 7. The lowest BCUT2D eigenvalue weighted by Crippen LogP contribution is -2.25. The van der Waals surface area contributed by atoms with Crippen LogP contribution in [0.3, 0.4) is 0 Å². The molecule has 0 aliphatic carbocycles. The minimum atomic E-state index is -0.00137. The highest BCUT2D eigenvalue weighted by atomic mass is 16.1. The van der Waals surface area contributed by atoms with Gasteiger partial charge in [-0.3, -0.25) is 0 Å². The average molecular weight is 271 g/mol. The molecule has 0 bridgehead atoms. The Morgan fingerprint density at radius 3 is 2.65 bits per heavy atom. The van der Waals surface area contributed by atoms with Crippen LogP contribution < -0.4 is 0 Å². The number of hydrogen-bond donors (Lipinski definition) is 0. The number of aryl methyl sites for hydroxylation is 1. The minimum Gasteiger partial charge on any atom is -0.350 e. The first-order chi connectivity index (χ1) is 9.68. The van der Waals surface area contributed by atoms with Crippen molar-refractivity contribution in [3.63, 3.8) is 0 Å². The minimum absolute atomic E-state index is 0.00137. The summed E-state index contributed by atoms with van der Waals surface area (Å²) in [7, 11) is 2.09. The number of aldehydes is 1. The predicted molar refractivity (Wildman–Crippen MR) is 85.1 cm³/mol. The number of fused-ring (bicyclic) bond motifs is 1. The molecule has 1 aromatic carbocycles. The summed E-state index contributed by atoms with van der Waals surface area (Å²) in [4.78, 5) is 11.3. The van der Waals surface area contributed by atoms with Gasteiger partial charge in [0.2, 0.25) is 0 Å². The number of nitrogens with zero attached hydrogens (tertiary/aromatic N) is 1. The highest BCUT2D eigenvalue weighted by molar-refractivity contribution is 5.85. The van der Waals surface area contributed by atoms with Crippen LogP contribution in [0.1, 0.15) is 51.5 Å². The predicted octanol–water partition coefficient (Wildman–Crippen LogP) is 4.61. The second kappa shape index (κ2) is 6.25. The zero-order chi connectivity index (χ0) is 14.6. The van der Waals surface area contributed by atoms with Crippen molar-refractivity contribution in [2.75, 3.05) is 0 Å². The van der Waals surface area contributed by atoms with Gasteiger partial charge in [-0.1, -0.05) is 44.9 Å². The van der Waals surface area contributed by atoms with Crippen molar-refractivity contribution in [3.8, 4) is 0 Å². The molecule has 2 heteroatoms. The summed E-state index contributed by atoms with van der Waals surface area (Å²) in [5.41, 5.74) is 2.60. The van der Waals surface area contributed by atoms with E-state index in [0.717, 1.165) is 19.1 Å². The van der Waals surface area contributed by atoms with Gasteiger partial charge < -0.3 is 9.36 Å². The second-order valence-electron chi connectivity index (χ2n) is 5.78. The third kappa shape index (κ3) is 2.52. The van der Waals surface area contributed by atoms with E-state index in [0.29, 0.717) is 6.42 Å². The molecule has 0 amide bonds. The number of hydrogen-bond acceptors (Lipinski definition) is 1. The first-order valence-electron chi connectivity index (χ1n) is 7.66. The lowest BCUT2D eigenvalue weighted by Gasteiger charge is -2.31. The van der Waals surface area contributed by atoms with Crippen LogP contribution >= 0.6 is 0 Å². The Balaban J connectivity index is 2.58. The molecular formula is C18H25NO. The summed E-state index contributed by atoms with van der Waals surface area (Å²) in [5.74, 6) is 0. The quantitative estimate of drug-likeness (QED) is 0.674. The van der Waals surface area contributed by atoms with Gasteiger partial charge in [-0.2, -0.15) is 0 Å². The average Bonchev–Trinajstić information content (AvgIpc) is 2.82. The van der Waals surface area contributed by atoms with E-state index in [4.69, 9.17) is 0 Å². The van der Waals surface area contributed by atoms with Crippen molar-refractivity contribution in [1.82, 2.24) is 4.57 Å². The van der Waals surface area contributed by atoms with Crippen LogP contribution in [0.2, 0.25) is 0 Å². The van der Waals surface area contributed by atoms with Gasteiger partial charge in [-0.15, -0.1) is 0 Å². The summed E-state index contributed by atoms with van der Waals surface area (Å²) in [6.07, 6.45) is 8.40. The molecule has 0 fully saturated rings. The Bertz CT molecular complexity index is 584. The molecule has 0 saturated carbocycles. The molecule has 1 aromatic heterocycles. The Hall–Kier alpha value is -1.57. The molecule has 0 spiro atoms. The summed E-state index contributed by atoms with van der Waals surface area (Å²) >= 11 is 0. The van der Waals surface area contributed by atoms with E-state index < -0.39 is 0 Å². The lowest BCUT2D eigenvalue weighted by atomic mass is 9.72. The maximum Gasteiger partial charge on any atom is 0.120 e. The number of para-hydroxylation sites is 1. The van der Waals surface area contributed by atoms with Crippen molar-refractivity contribution in [3.05, 3.63) is 36.0 Å². The molecule has 2 rings (SSSR count). The van der Waals surface area contributed by atoms with E-state index in [1.165, 1.54) is 29.3 Å². The Labute approximate surface area is 121 Å². The molecule has 20 heavy (non-hydrogen) atoms. The zero-order valence-electron chi connectivity index (χ0n) is 12.9. The molecule has 0 aliphatic rings. The second-order valence-corrected chi connectivity index (χ2v) is 5.78. The summed E-state index contributed by atoms with van der Waals surface area (Å²) < 4.78 is 2.19. The number of carbonyl (C=O) groups excluding carboxylic acids is 1. The van der Waals surface area contributed by atoms with E-state index in [1.807, 2.05) is 0 Å². The van der Waals surface area contributed by atoms with Gasteiger partial charge in [-0.05, 0) is 24.5 Å². The van der Waals surface area contributed by atoms with Crippen LogP contribution in [0, 0.1) is 0 Å². The van der Waals surface area contributed by atoms with Gasteiger partial charge >= 0.3 is 0 Å². The molecule has 0 saturated heterocycles. The molecule has 0 unspecified atom stereocenters. The van der Waals surface area contributed by atoms with Crippen LogP contribution in [0.25, 0.3) is 10.9 Å². The molecule has 2 nitrogen and oxygen atoms in total. The Kier molecular flexibility index (Phi) is 4.64. The topological polar surface area (TPSA) is 22.0 Å². The molecular weight excluding hydrogens is 246 g/mol. The van der Waals surface area contributed by atoms with Gasteiger partial charge in [0.05, 0.1) is 0 Å².